The average molecular weight is 392 g/mol. The van der Waals surface area contributed by atoms with Gasteiger partial charge in [0.15, 0.2) is 6.29 Å². The van der Waals surface area contributed by atoms with Crippen molar-refractivity contribution >= 4 is 0 Å². The van der Waals surface area contributed by atoms with Crippen LogP contribution in [0.5, 0.6) is 0 Å². The molecule has 11 N–H and O–H groups in total. The van der Waals surface area contributed by atoms with Crippen LogP contribution in [0.2, 0.25) is 0 Å². The van der Waals surface area contributed by atoms with Gasteiger partial charge in [0.05, 0.1) is 31.1 Å². The highest BCUT2D eigenvalue weighted by Gasteiger charge is 2.46. The summed E-state index contributed by atoms with van der Waals surface area (Å²) >= 11 is 0. The lowest BCUT2D eigenvalue weighted by atomic mass is 9.84. The lowest BCUT2D eigenvalue weighted by Crippen LogP contribution is -2.65. The Bertz CT molecular complexity index is 497. The summed E-state index contributed by atoms with van der Waals surface area (Å²) in [6.07, 6.45) is -5.36. The third kappa shape index (κ3) is 5.15. The van der Waals surface area contributed by atoms with Gasteiger partial charge in [-0.3, -0.25) is 0 Å². The lowest BCUT2D eigenvalue weighted by Gasteiger charge is -2.45. The molecule has 2 unspecified atom stereocenters. The third-order valence-electron chi connectivity index (χ3n) is 5.14. The van der Waals surface area contributed by atoms with E-state index in [2.05, 4.69) is 10.6 Å². The van der Waals surface area contributed by atoms with Crippen molar-refractivity contribution in [3.63, 3.8) is 0 Å². The van der Waals surface area contributed by atoms with Gasteiger partial charge in [-0.05, 0) is 13.5 Å². The molecule has 9 atom stereocenters. The molecule has 27 heavy (non-hydrogen) atoms. The van der Waals surface area contributed by atoms with E-state index < -0.39 is 54.9 Å². The first-order valence-corrected chi connectivity index (χ1v) is 9.02. The number of nitrogens with one attached hydrogen (secondary N) is 2. The van der Waals surface area contributed by atoms with Gasteiger partial charge in [-0.2, -0.15) is 0 Å². The molecule has 0 aromatic carbocycles. The summed E-state index contributed by atoms with van der Waals surface area (Å²) in [6, 6.07) is -1.77. The van der Waals surface area contributed by atoms with Crippen LogP contribution in [0.1, 0.15) is 6.42 Å². The molecule has 0 aromatic rings. The highest BCUT2D eigenvalue weighted by Crippen LogP contribution is 2.27. The van der Waals surface area contributed by atoms with E-state index in [0.717, 1.165) is 6.26 Å². The van der Waals surface area contributed by atoms with Crippen LogP contribution in [0.4, 0.5) is 0 Å². The molecule has 1 aliphatic heterocycles. The van der Waals surface area contributed by atoms with Crippen LogP contribution in [-0.4, -0.2) is 107 Å². The molecule has 1 heterocycles. The van der Waals surface area contributed by atoms with E-state index in [9.17, 15) is 25.5 Å². The highest BCUT2D eigenvalue weighted by atomic mass is 16.7. The van der Waals surface area contributed by atoms with E-state index in [1.165, 1.54) is 0 Å². The van der Waals surface area contributed by atoms with Crippen molar-refractivity contribution in [2.24, 2.45) is 11.5 Å². The number of nitrogens with two attached hydrogens (primary N) is 2. The van der Waals surface area contributed by atoms with E-state index in [4.69, 9.17) is 20.9 Å². The van der Waals surface area contributed by atoms with Gasteiger partial charge in [-0.25, -0.2) is 0 Å². The molecule has 2 fully saturated rings. The number of ether oxygens (including phenoxy) is 2. The van der Waals surface area contributed by atoms with Crippen molar-refractivity contribution in [2.45, 2.75) is 61.4 Å². The second kappa shape index (κ2) is 10.1. The molecule has 11 nitrogen and oxygen atoms in total. The maximum Gasteiger partial charge on any atom is 0.186 e. The van der Waals surface area contributed by atoms with E-state index in [-0.39, 0.29) is 26.1 Å². The number of hydrogen-bond donors (Lipinski definition) is 9. The quantitative estimate of drug-likeness (QED) is 0.191. The molecular weight excluding hydrogens is 360 g/mol. The van der Waals surface area contributed by atoms with Crippen molar-refractivity contribution in [1.82, 2.24) is 10.6 Å². The number of aliphatic hydroxyl groups excluding tert-OH is 5. The first kappa shape index (κ1) is 22.4. The van der Waals surface area contributed by atoms with Crippen LogP contribution >= 0.6 is 0 Å². The largest absolute Gasteiger partial charge is 0.515 e. The Balaban J connectivity index is 2.11. The molecule has 0 amide bonds. The van der Waals surface area contributed by atoms with Crippen LogP contribution in [0.25, 0.3) is 0 Å². The number of hydrogen-bond acceptors (Lipinski definition) is 11. The minimum atomic E-state index is -1.32. The Hall–Kier alpha value is -0.860. The molecule has 1 saturated heterocycles. The van der Waals surface area contributed by atoms with Crippen molar-refractivity contribution in [1.29, 1.82) is 0 Å². The summed E-state index contributed by atoms with van der Waals surface area (Å²) in [5, 5.41) is 55.9. The normalized spacial score (nSPS) is 43.0. The molecule has 1 saturated carbocycles. The Morgan fingerprint density at radius 1 is 1.30 bits per heavy atom. The van der Waals surface area contributed by atoms with Gasteiger partial charge >= 0.3 is 0 Å². The minimum Gasteiger partial charge on any atom is -0.515 e. The summed E-state index contributed by atoms with van der Waals surface area (Å²) < 4.78 is 11.3. The Morgan fingerprint density at radius 3 is 2.59 bits per heavy atom. The predicted octanol–water partition coefficient (Wildman–Crippen LogP) is -4.15. The van der Waals surface area contributed by atoms with Gasteiger partial charge < -0.3 is 57.1 Å². The first-order valence-electron chi connectivity index (χ1n) is 9.02. The fourth-order valence-corrected chi connectivity index (χ4v) is 3.49. The van der Waals surface area contributed by atoms with Gasteiger partial charge in [0.1, 0.15) is 18.3 Å². The summed E-state index contributed by atoms with van der Waals surface area (Å²) in [5.74, 6) is 0. The van der Waals surface area contributed by atoms with Crippen LogP contribution in [0.3, 0.4) is 0 Å². The standard InChI is InChI=1S/C16H32N4O7/c1-19-11-7(5-21)6-26-16(13(11)24)27-15-10(20-4-8(22)3-17)2-9(18)12(23)14(15)25/h5,8-16,19-25H,2-4,6,17-18H2,1H3/b7-5-/t8?,9-,10+,11-,12?,13+,14-,15-,16+/m0/s1. The van der Waals surface area contributed by atoms with Gasteiger partial charge in [-0.15, -0.1) is 0 Å². The second-order valence-corrected chi connectivity index (χ2v) is 7.03. The average Bonchev–Trinajstić information content (AvgIpc) is 2.67. The fourth-order valence-electron chi connectivity index (χ4n) is 3.49. The van der Waals surface area contributed by atoms with E-state index in [0.29, 0.717) is 5.57 Å². The smallest absolute Gasteiger partial charge is 0.186 e. The van der Waals surface area contributed by atoms with Crippen LogP contribution in [-0.2, 0) is 9.47 Å². The molecule has 0 spiro atoms. The Morgan fingerprint density at radius 2 is 2.00 bits per heavy atom. The molecule has 2 rings (SSSR count). The Labute approximate surface area is 157 Å². The van der Waals surface area contributed by atoms with Gasteiger partial charge in [-0.1, -0.05) is 0 Å². The fraction of sp³-hybridized carbons (Fsp3) is 0.875. The van der Waals surface area contributed by atoms with E-state index in [1.807, 2.05) is 0 Å². The molecule has 11 heteroatoms. The number of aliphatic hydroxyl groups is 5. The van der Waals surface area contributed by atoms with E-state index >= 15 is 0 Å². The monoisotopic (exact) mass is 392 g/mol. The number of likely N-dealkylation sites (N-methyl/N-ethyl adjacent to an activating group) is 1. The van der Waals surface area contributed by atoms with Crippen molar-refractivity contribution in [2.75, 3.05) is 26.7 Å². The highest BCUT2D eigenvalue weighted by molar-refractivity contribution is 5.14. The molecular formula is C16H32N4O7. The zero-order valence-electron chi connectivity index (χ0n) is 15.3. The summed E-state index contributed by atoms with van der Waals surface area (Å²) in [6.45, 7) is 0.243. The second-order valence-electron chi connectivity index (χ2n) is 7.03. The first-order chi connectivity index (χ1) is 12.8. The molecule has 0 aromatic heterocycles. The van der Waals surface area contributed by atoms with Crippen LogP contribution in [0, 0.1) is 0 Å². The predicted molar refractivity (Wildman–Crippen MR) is 95.6 cm³/mol. The Kier molecular flexibility index (Phi) is 8.37. The van der Waals surface area contributed by atoms with Gasteiger partial charge in [0.25, 0.3) is 0 Å². The number of rotatable bonds is 7. The minimum absolute atomic E-state index is 0.0264. The molecule has 0 bridgehead atoms. The zero-order chi connectivity index (χ0) is 20.1. The van der Waals surface area contributed by atoms with E-state index in [1.54, 1.807) is 7.05 Å². The topological polar surface area (TPSA) is 196 Å². The van der Waals surface area contributed by atoms with Gasteiger partial charge in [0.2, 0.25) is 0 Å². The van der Waals surface area contributed by atoms with Crippen molar-refractivity contribution in [3.05, 3.63) is 11.8 Å². The molecule has 0 radical (unpaired) electrons. The molecule has 2 aliphatic rings. The van der Waals surface area contributed by atoms with Gasteiger partial charge in [0, 0.05) is 30.7 Å². The maximum absolute atomic E-state index is 10.5. The summed E-state index contributed by atoms with van der Waals surface area (Å²) in [7, 11) is 1.62. The van der Waals surface area contributed by atoms with Crippen molar-refractivity contribution in [3.8, 4) is 0 Å². The lowest BCUT2D eigenvalue weighted by molar-refractivity contribution is -0.260. The zero-order valence-corrected chi connectivity index (χ0v) is 15.3. The SMILES string of the molecule is CN[C@H]1/C(=C\O)CO[C@H](O[C@H]2[C@H](NCC(O)CN)C[C@H](N)C(O)[C@@H]2O)[C@@H]1O. The van der Waals surface area contributed by atoms with Crippen LogP contribution in [0.15, 0.2) is 11.8 Å². The maximum atomic E-state index is 10.5. The summed E-state index contributed by atoms with van der Waals surface area (Å²) in [5.41, 5.74) is 11.7. The molecule has 158 valence electrons. The van der Waals surface area contributed by atoms with Crippen molar-refractivity contribution < 1.29 is 35.0 Å². The van der Waals surface area contributed by atoms with Crippen LogP contribution < -0.4 is 22.1 Å². The third-order valence-corrected chi connectivity index (χ3v) is 5.14. The molecule has 1 aliphatic carbocycles. The summed E-state index contributed by atoms with van der Waals surface area (Å²) in [4.78, 5) is 0.